The van der Waals surface area contributed by atoms with Gasteiger partial charge in [0.25, 0.3) is 0 Å². The van der Waals surface area contributed by atoms with E-state index in [0.717, 1.165) is 22.6 Å². The standard InChI is InChI=1S/C14H13ClF3NS/c1-8-3-10(9(2)20-8)7-19-13-5-11(14(16,17)18)4-12(15)6-13/h3-6,19H,7H2,1-2H3. The number of rotatable bonds is 3. The minimum Gasteiger partial charge on any atom is -0.381 e. The quantitative estimate of drug-likeness (QED) is 0.771. The molecule has 2 aromatic rings. The second-order valence-corrected chi connectivity index (χ2v) is 6.42. The van der Waals surface area contributed by atoms with Crippen LogP contribution >= 0.6 is 22.9 Å². The molecule has 1 nitrogen and oxygen atoms in total. The first-order valence-corrected chi connectivity index (χ1v) is 7.13. The Hall–Kier alpha value is -1.20. The van der Waals surface area contributed by atoms with E-state index in [1.807, 2.05) is 19.9 Å². The Bertz CT molecular complexity index is 619. The van der Waals surface area contributed by atoms with Crippen molar-refractivity contribution in [3.8, 4) is 0 Å². The van der Waals surface area contributed by atoms with Gasteiger partial charge in [0.2, 0.25) is 0 Å². The average molecular weight is 320 g/mol. The maximum atomic E-state index is 12.7. The number of nitrogens with one attached hydrogen (secondary N) is 1. The molecule has 0 fully saturated rings. The molecule has 0 aliphatic carbocycles. The van der Waals surface area contributed by atoms with Crippen molar-refractivity contribution < 1.29 is 13.2 Å². The zero-order chi connectivity index (χ0) is 14.9. The molecule has 1 aromatic carbocycles. The Balaban J connectivity index is 2.18. The molecule has 6 heteroatoms. The lowest BCUT2D eigenvalue weighted by molar-refractivity contribution is -0.137. The van der Waals surface area contributed by atoms with Gasteiger partial charge >= 0.3 is 6.18 Å². The van der Waals surface area contributed by atoms with Gasteiger partial charge in [0.15, 0.2) is 0 Å². The molecular formula is C14H13ClF3NS. The van der Waals surface area contributed by atoms with E-state index in [0.29, 0.717) is 12.2 Å². The molecule has 0 amide bonds. The number of alkyl halides is 3. The topological polar surface area (TPSA) is 12.0 Å². The summed E-state index contributed by atoms with van der Waals surface area (Å²) in [5.41, 5.74) is 0.708. The van der Waals surface area contributed by atoms with E-state index in [1.165, 1.54) is 10.9 Å². The summed E-state index contributed by atoms with van der Waals surface area (Å²) in [6.07, 6.45) is -4.39. The molecule has 1 aromatic heterocycles. The van der Waals surface area contributed by atoms with E-state index in [-0.39, 0.29) is 5.02 Å². The molecule has 0 aliphatic rings. The van der Waals surface area contributed by atoms with Gasteiger partial charge in [-0.15, -0.1) is 11.3 Å². The van der Waals surface area contributed by atoms with Crippen molar-refractivity contribution in [1.82, 2.24) is 0 Å². The van der Waals surface area contributed by atoms with Crippen LogP contribution in [0.2, 0.25) is 5.02 Å². The normalized spacial score (nSPS) is 11.7. The van der Waals surface area contributed by atoms with Crippen LogP contribution in [0.15, 0.2) is 24.3 Å². The van der Waals surface area contributed by atoms with E-state index in [4.69, 9.17) is 11.6 Å². The van der Waals surface area contributed by atoms with Crippen LogP contribution in [0.4, 0.5) is 18.9 Å². The highest BCUT2D eigenvalue weighted by Gasteiger charge is 2.31. The number of aryl methyl sites for hydroxylation is 2. The minimum atomic E-state index is -4.39. The molecule has 0 atom stereocenters. The number of anilines is 1. The van der Waals surface area contributed by atoms with Crippen molar-refractivity contribution in [1.29, 1.82) is 0 Å². The fourth-order valence-electron chi connectivity index (χ4n) is 1.91. The molecule has 0 aliphatic heterocycles. The highest BCUT2D eigenvalue weighted by molar-refractivity contribution is 7.12. The van der Waals surface area contributed by atoms with E-state index in [9.17, 15) is 13.2 Å². The largest absolute Gasteiger partial charge is 0.416 e. The number of hydrogen-bond donors (Lipinski definition) is 1. The summed E-state index contributed by atoms with van der Waals surface area (Å²) in [6.45, 7) is 4.48. The first kappa shape index (κ1) is 15.2. The Labute approximate surface area is 124 Å². The van der Waals surface area contributed by atoms with Crippen molar-refractivity contribution in [2.45, 2.75) is 26.6 Å². The van der Waals surface area contributed by atoms with Gasteiger partial charge in [0.05, 0.1) is 5.56 Å². The van der Waals surface area contributed by atoms with Crippen LogP contribution in [0.1, 0.15) is 20.9 Å². The van der Waals surface area contributed by atoms with Gasteiger partial charge in [-0.1, -0.05) is 11.6 Å². The number of hydrogen-bond acceptors (Lipinski definition) is 2. The summed E-state index contributed by atoms with van der Waals surface area (Å²) in [4.78, 5) is 2.34. The van der Waals surface area contributed by atoms with Gasteiger partial charge in [-0.05, 0) is 43.7 Å². The summed E-state index contributed by atoms with van der Waals surface area (Å²) in [5, 5.41) is 3.06. The molecule has 0 unspecified atom stereocenters. The zero-order valence-corrected chi connectivity index (χ0v) is 12.5. The van der Waals surface area contributed by atoms with Crippen molar-refractivity contribution in [3.05, 3.63) is 50.2 Å². The van der Waals surface area contributed by atoms with E-state index >= 15 is 0 Å². The highest BCUT2D eigenvalue weighted by Crippen LogP contribution is 2.33. The fraction of sp³-hybridized carbons (Fsp3) is 0.286. The summed E-state index contributed by atoms with van der Waals surface area (Å²) >= 11 is 7.40. The third-order valence-corrected chi connectivity index (χ3v) is 4.08. The monoisotopic (exact) mass is 319 g/mol. The van der Waals surface area contributed by atoms with Gasteiger partial charge in [-0.3, -0.25) is 0 Å². The Morgan fingerprint density at radius 1 is 1.15 bits per heavy atom. The van der Waals surface area contributed by atoms with E-state index < -0.39 is 11.7 Å². The van der Waals surface area contributed by atoms with Crippen LogP contribution in [-0.4, -0.2) is 0 Å². The molecule has 0 spiro atoms. The first-order chi connectivity index (χ1) is 9.25. The molecule has 0 saturated heterocycles. The van der Waals surface area contributed by atoms with Crippen molar-refractivity contribution in [3.63, 3.8) is 0 Å². The second kappa shape index (κ2) is 5.66. The summed E-state index contributed by atoms with van der Waals surface area (Å²) in [6, 6.07) is 5.51. The Kier molecular flexibility index (Phi) is 4.30. The molecule has 108 valence electrons. The number of thiophene rings is 1. The van der Waals surface area contributed by atoms with Crippen LogP contribution in [0, 0.1) is 13.8 Å². The predicted molar refractivity (Wildman–Crippen MR) is 77.6 cm³/mol. The third kappa shape index (κ3) is 3.67. The van der Waals surface area contributed by atoms with E-state index in [1.54, 1.807) is 11.3 Å². The zero-order valence-electron chi connectivity index (χ0n) is 10.9. The molecule has 1 N–H and O–H groups in total. The van der Waals surface area contributed by atoms with Crippen molar-refractivity contribution in [2.24, 2.45) is 0 Å². The molecule has 0 radical (unpaired) electrons. The van der Waals surface area contributed by atoms with Gasteiger partial charge in [-0.2, -0.15) is 13.2 Å². The summed E-state index contributed by atoms with van der Waals surface area (Å²) < 4.78 is 38.1. The van der Waals surface area contributed by atoms with Gasteiger partial charge in [0.1, 0.15) is 0 Å². The SMILES string of the molecule is Cc1cc(CNc2cc(Cl)cc(C(F)(F)F)c2)c(C)s1. The summed E-state index contributed by atoms with van der Waals surface area (Å²) in [7, 11) is 0. The Morgan fingerprint density at radius 3 is 2.40 bits per heavy atom. The van der Waals surface area contributed by atoms with Gasteiger partial charge in [-0.25, -0.2) is 0 Å². The Morgan fingerprint density at radius 2 is 1.85 bits per heavy atom. The van der Waals surface area contributed by atoms with Gasteiger partial charge in [0, 0.05) is 27.0 Å². The van der Waals surface area contributed by atoms with Gasteiger partial charge < -0.3 is 5.32 Å². The molecule has 20 heavy (non-hydrogen) atoms. The molecule has 0 saturated carbocycles. The maximum absolute atomic E-state index is 12.7. The van der Waals surface area contributed by atoms with Crippen LogP contribution in [0.25, 0.3) is 0 Å². The molecule has 1 heterocycles. The van der Waals surface area contributed by atoms with Crippen molar-refractivity contribution in [2.75, 3.05) is 5.32 Å². The molecular weight excluding hydrogens is 307 g/mol. The van der Waals surface area contributed by atoms with Crippen LogP contribution in [-0.2, 0) is 12.7 Å². The average Bonchev–Trinajstić information content (AvgIpc) is 2.63. The molecule has 2 rings (SSSR count). The number of benzene rings is 1. The van der Waals surface area contributed by atoms with Crippen molar-refractivity contribution >= 4 is 28.6 Å². The lowest BCUT2D eigenvalue weighted by Crippen LogP contribution is -2.07. The first-order valence-electron chi connectivity index (χ1n) is 5.93. The predicted octanol–water partition coefficient (Wildman–Crippen LogP) is 5.65. The minimum absolute atomic E-state index is 0.0700. The lowest BCUT2D eigenvalue weighted by Gasteiger charge is -2.11. The fourth-order valence-corrected chi connectivity index (χ4v) is 3.09. The smallest absolute Gasteiger partial charge is 0.381 e. The van der Waals surface area contributed by atoms with E-state index in [2.05, 4.69) is 5.32 Å². The lowest BCUT2D eigenvalue weighted by atomic mass is 10.2. The van der Waals surface area contributed by atoms with Crippen LogP contribution in [0.5, 0.6) is 0 Å². The maximum Gasteiger partial charge on any atom is 0.416 e. The molecule has 0 bridgehead atoms. The van der Waals surface area contributed by atoms with Crippen LogP contribution < -0.4 is 5.32 Å². The second-order valence-electron chi connectivity index (χ2n) is 4.52. The summed E-state index contributed by atoms with van der Waals surface area (Å²) in [5.74, 6) is 0. The number of halogens is 4. The highest BCUT2D eigenvalue weighted by atomic mass is 35.5. The third-order valence-electron chi connectivity index (χ3n) is 2.85. The van der Waals surface area contributed by atoms with Crippen LogP contribution in [0.3, 0.4) is 0 Å².